The van der Waals surface area contributed by atoms with Crippen molar-refractivity contribution < 1.29 is 14.3 Å². The van der Waals surface area contributed by atoms with E-state index in [0.29, 0.717) is 18.0 Å². The highest BCUT2D eigenvalue weighted by atomic mass is 35.5. The molecule has 1 fully saturated rings. The molecule has 1 aliphatic heterocycles. The number of benzene rings is 1. The van der Waals surface area contributed by atoms with Gasteiger partial charge in [0.25, 0.3) is 0 Å². The van der Waals surface area contributed by atoms with Gasteiger partial charge in [0.1, 0.15) is 5.60 Å². The second kappa shape index (κ2) is 5.44. The van der Waals surface area contributed by atoms with Gasteiger partial charge in [-0.3, -0.25) is 4.79 Å². The lowest BCUT2D eigenvalue weighted by Gasteiger charge is -2.23. The fourth-order valence-corrected chi connectivity index (χ4v) is 2.31. The van der Waals surface area contributed by atoms with Crippen LogP contribution in [0.4, 0.5) is 4.79 Å². The van der Waals surface area contributed by atoms with Crippen LogP contribution in [0.2, 0.25) is 5.02 Å². The molecule has 1 atom stereocenters. The zero-order valence-corrected chi connectivity index (χ0v) is 12.6. The Balaban J connectivity index is 2.09. The Hall–Kier alpha value is -1.55. The van der Waals surface area contributed by atoms with Crippen LogP contribution >= 0.6 is 11.6 Å². The van der Waals surface area contributed by atoms with Gasteiger partial charge in [-0.05, 0) is 44.9 Å². The average molecular weight is 296 g/mol. The van der Waals surface area contributed by atoms with Crippen molar-refractivity contribution in [3.8, 4) is 0 Å². The van der Waals surface area contributed by atoms with Crippen molar-refractivity contribution in [2.75, 3.05) is 6.54 Å². The highest BCUT2D eigenvalue weighted by Gasteiger charge is 2.38. The maximum atomic E-state index is 12.3. The Kier molecular flexibility index (Phi) is 4.04. The van der Waals surface area contributed by atoms with Crippen molar-refractivity contribution in [2.24, 2.45) is 0 Å². The third kappa shape index (κ3) is 3.31. The number of likely N-dealkylation sites (tertiary alicyclic amines) is 1. The van der Waals surface area contributed by atoms with E-state index in [1.807, 2.05) is 12.1 Å². The molecule has 0 aromatic heterocycles. The molecule has 0 aliphatic carbocycles. The Labute approximate surface area is 123 Å². The Morgan fingerprint density at radius 2 is 1.90 bits per heavy atom. The number of rotatable bonds is 1. The summed E-state index contributed by atoms with van der Waals surface area (Å²) in [6.07, 6.45) is 0.0404. The topological polar surface area (TPSA) is 46.6 Å². The summed E-state index contributed by atoms with van der Waals surface area (Å²) in [5.74, 6) is -0.499. The van der Waals surface area contributed by atoms with Crippen molar-refractivity contribution in [2.45, 2.75) is 38.7 Å². The van der Waals surface area contributed by atoms with Gasteiger partial charge in [0.15, 0.2) is 0 Å². The smallest absolute Gasteiger partial charge is 0.417 e. The van der Waals surface area contributed by atoms with Crippen LogP contribution < -0.4 is 0 Å². The molecule has 5 heteroatoms. The second-order valence-corrected chi connectivity index (χ2v) is 6.30. The van der Waals surface area contributed by atoms with Crippen molar-refractivity contribution in [1.29, 1.82) is 0 Å². The summed E-state index contributed by atoms with van der Waals surface area (Å²) in [6, 6.07) is 7.15. The normalized spacial score (nSPS) is 19.3. The number of hydrogen-bond donors (Lipinski definition) is 0. The standard InChI is InChI=1S/C15H18ClNO3/c1-15(2,3)20-14(19)17-9-8-12(13(17)18)10-4-6-11(16)7-5-10/h4-7,12H,8-9H2,1-3H3/t12-/m1/s1. The molecule has 0 unspecified atom stereocenters. The van der Waals surface area contributed by atoms with Gasteiger partial charge < -0.3 is 4.74 Å². The Morgan fingerprint density at radius 3 is 2.45 bits per heavy atom. The van der Waals surface area contributed by atoms with E-state index in [1.54, 1.807) is 32.9 Å². The van der Waals surface area contributed by atoms with Crippen LogP contribution in [0.1, 0.15) is 38.7 Å². The molecule has 1 aromatic carbocycles. The maximum absolute atomic E-state index is 12.3. The quantitative estimate of drug-likeness (QED) is 0.795. The highest BCUT2D eigenvalue weighted by molar-refractivity contribution is 6.30. The van der Waals surface area contributed by atoms with Gasteiger partial charge in [-0.2, -0.15) is 0 Å². The highest BCUT2D eigenvalue weighted by Crippen LogP contribution is 2.30. The van der Waals surface area contributed by atoms with Crippen molar-refractivity contribution >= 4 is 23.6 Å². The predicted molar refractivity (Wildman–Crippen MR) is 76.8 cm³/mol. The molecule has 0 spiro atoms. The summed E-state index contributed by atoms with van der Waals surface area (Å²) >= 11 is 5.84. The number of halogens is 1. The zero-order valence-electron chi connectivity index (χ0n) is 11.9. The molecule has 0 bridgehead atoms. The zero-order chi connectivity index (χ0) is 14.9. The van der Waals surface area contributed by atoms with Gasteiger partial charge in [0, 0.05) is 11.6 Å². The first-order chi connectivity index (χ1) is 9.28. The first-order valence-corrected chi connectivity index (χ1v) is 6.95. The van der Waals surface area contributed by atoms with Crippen LogP contribution in [0.25, 0.3) is 0 Å². The van der Waals surface area contributed by atoms with E-state index in [1.165, 1.54) is 4.90 Å². The summed E-state index contributed by atoms with van der Waals surface area (Å²) in [5, 5.41) is 0.628. The van der Waals surface area contributed by atoms with Crippen LogP contribution in [0.5, 0.6) is 0 Å². The summed E-state index contributed by atoms with van der Waals surface area (Å²) < 4.78 is 5.24. The van der Waals surface area contributed by atoms with E-state index in [-0.39, 0.29) is 11.8 Å². The van der Waals surface area contributed by atoms with Crippen LogP contribution in [0.3, 0.4) is 0 Å². The van der Waals surface area contributed by atoms with E-state index in [4.69, 9.17) is 16.3 Å². The first kappa shape index (κ1) is 14.9. The van der Waals surface area contributed by atoms with Gasteiger partial charge in [0.05, 0.1) is 5.92 Å². The minimum atomic E-state index is -0.601. The fourth-order valence-electron chi connectivity index (χ4n) is 2.18. The summed E-state index contributed by atoms with van der Waals surface area (Å²) in [7, 11) is 0. The van der Waals surface area contributed by atoms with E-state index in [0.717, 1.165) is 5.56 Å². The summed E-state index contributed by atoms with van der Waals surface area (Å²) in [6.45, 7) is 5.73. The number of carbonyl (C=O) groups is 2. The first-order valence-electron chi connectivity index (χ1n) is 6.58. The predicted octanol–water partition coefficient (Wildman–Crippen LogP) is 3.59. The molecule has 1 aliphatic rings. The fraction of sp³-hybridized carbons (Fsp3) is 0.467. The third-order valence-electron chi connectivity index (χ3n) is 3.09. The Bertz CT molecular complexity index is 519. The van der Waals surface area contributed by atoms with E-state index in [9.17, 15) is 9.59 Å². The molecular weight excluding hydrogens is 278 g/mol. The van der Waals surface area contributed by atoms with Gasteiger partial charge >= 0.3 is 6.09 Å². The molecule has 0 N–H and O–H groups in total. The Morgan fingerprint density at radius 1 is 1.30 bits per heavy atom. The second-order valence-electron chi connectivity index (χ2n) is 5.86. The molecule has 2 rings (SSSR count). The van der Waals surface area contributed by atoms with Crippen molar-refractivity contribution in [3.05, 3.63) is 34.9 Å². The molecule has 1 heterocycles. The van der Waals surface area contributed by atoms with Crippen molar-refractivity contribution in [1.82, 2.24) is 4.90 Å². The number of carbonyl (C=O) groups excluding carboxylic acids is 2. The molecular formula is C15H18ClNO3. The van der Waals surface area contributed by atoms with Gasteiger partial charge in [-0.15, -0.1) is 0 Å². The lowest BCUT2D eigenvalue weighted by atomic mass is 9.98. The molecule has 1 saturated heterocycles. The van der Waals surface area contributed by atoms with Gasteiger partial charge in [-0.25, -0.2) is 9.69 Å². The van der Waals surface area contributed by atoms with Gasteiger partial charge in [0.2, 0.25) is 5.91 Å². The summed E-state index contributed by atoms with van der Waals surface area (Å²) in [4.78, 5) is 25.5. The lowest BCUT2D eigenvalue weighted by Crippen LogP contribution is -2.38. The molecule has 1 aromatic rings. The maximum Gasteiger partial charge on any atom is 0.417 e. The SMILES string of the molecule is CC(C)(C)OC(=O)N1CC[C@H](c2ccc(Cl)cc2)C1=O. The molecule has 0 saturated carbocycles. The molecule has 0 radical (unpaired) electrons. The van der Waals surface area contributed by atoms with E-state index < -0.39 is 11.7 Å². The molecule has 108 valence electrons. The molecule has 4 nitrogen and oxygen atoms in total. The monoisotopic (exact) mass is 295 g/mol. The van der Waals surface area contributed by atoms with E-state index in [2.05, 4.69) is 0 Å². The van der Waals surface area contributed by atoms with Crippen LogP contribution in [0.15, 0.2) is 24.3 Å². The number of amides is 2. The summed E-state index contributed by atoms with van der Waals surface area (Å²) in [5.41, 5.74) is 0.279. The van der Waals surface area contributed by atoms with Crippen molar-refractivity contribution in [3.63, 3.8) is 0 Å². The molecule has 2 amide bonds. The largest absolute Gasteiger partial charge is 0.443 e. The number of nitrogens with zero attached hydrogens (tertiary/aromatic N) is 1. The molecule has 20 heavy (non-hydrogen) atoms. The average Bonchev–Trinajstić information content (AvgIpc) is 2.70. The number of imide groups is 1. The minimum Gasteiger partial charge on any atom is -0.443 e. The number of hydrogen-bond acceptors (Lipinski definition) is 3. The van der Waals surface area contributed by atoms with Crippen LogP contribution in [-0.4, -0.2) is 29.0 Å². The number of ether oxygens (including phenoxy) is 1. The third-order valence-corrected chi connectivity index (χ3v) is 3.34. The van der Waals surface area contributed by atoms with Crippen LogP contribution in [-0.2, 0) is 9.53 Å². The van der Waals surface area contributed by atoms with E-state index >= 15 is 0 Å². The lowest BCUT2D eigenvalue weighted by molar-refractivity contribution is -0.128. The van der Waals surface area contributed by atoms with Gasteiger partial charge in [-0.1, -0.05) is 23.7 Å². The minimum absolute atomic E-state index is 0.207. The van der Waals surface area contributed by atoms with Crippen LogP contribution in [0, 0.1) is 0 Å².